The van der Waals surface area contributed by atoms with E-state index in [0.717, 1.165) is 63.4 Å². The monoisotopic (exact) mass is 486 g/mol. The lowest BCUT2D eigenvalue weighted by Gasteiger charge is -2.21. The number of thiazole rings is 1. The first-order valence-corrected chi connectivity index (χ1v) is 11.7. The van der Waals surface area contributed by atoms with Gasteiger partial charge in [0.05, 0.1) is 24.3 Å². The van der Waals surface area contributed by atoms with Crippen molar-refractivity contribution in [2.45, 2.75) is 37.8 Å². The molecule has 9 heteroatoms. The first-order valence-electron chi connectivity index (χ1n) is 10.9. The minimum atomic E-state index is -4.36. The lowest BCUT2D eigenvalue weighted by Crippen LogP contribution is -2.16. The highest BCUT2D eigenvalue weighted by molar-refractivity contribution is 7.15. The largest absolute Gasteiger partial charge is 0.493 e. The Kier molecular flexibility index (Phi) is 5.81. The van der Waals surface area contributed by atoms with Crippen LogP contribution in [0.5, 0.6) is 5.75 Å². The summed E-state index contributed by atoms with van der Waals surface area (Å²) in [7, 11) is 0. The number of hydrogen-bond donors (Lipinski definition) is 2. The average Bonchev–Trinajstić information content (AvgIpc) is 3.41. The number of aromatic nitrogens is 2. The van der Waals surface area contributed by atoms with E-state index < -0.39 is 17.7 Å². The number of halogens is 3. The van der Waals surface area contributed by atoms with Gasteiger partial charge in [0.1, 0.15) is 10.8 Å². The molecule has 0 amide bonds. The standard InChI is InChI=1S/C25H21F3N2O3S/c26-25(27,28)17-6-4-14(5-7-17)24-30-23-15(2-1-3-21(23)34-24)13-33-18-8-9-19-16(10-22(31)32)12-29-20(19)11-18/h4-9,11-12,15,29H,1-3,10,13H2,(H,31,32)/t15-/m0/s1. The van der Waals surface area contributed by atoms with Crippen LogP contribution >= 0.6 is 11.3 Å². The lowest BCUT2D eigenvalue weighted by atomic mass is 9.92. The van der Waals surface area contributed by atoms with Crippen LogP contribution in [0.3, 0.4) is 0 Å². The van der Waals surface area contributed by atoms with E-state index in [2.05, 4.69) is 4.98 Å². The number of carboxylic acids is 1. The Labute approximate surface area is 197 Å². The molecule has 5 rings (SSSR count). The molecule has 0 radical (unpaired) electrons. The predicted octanol–water partition coefficient (Wildman–Crippen LogP) is 6.44. The second kappa shape index (κ2) is 8.79. The zero-order valence-corrected chi connectivity index (χ0v) is 18.8. The Hall–Kier alpha value is -3.33. The number of ether oxygens (including phenoxy) is 1. The van der Waals surface area contributed by atoms with E-state index in [-0.39, 0.29) is 12.3 Å². The van der Waals surface area contributed by atoms with E-state index >= 15 is 0 Å². The molecule has 0 fully saturated rings. The van der Waals surface area contributed by atoms with Gasteiger partial charge < -0.3 is 14.8 Å². The number of nitrogens with one attached hydrogen (secondary N) is 1. The smallest absolute Gasteiger partial charge is 0.416 e. The van der Waals surface area contributed by atoms with Gasteiger partial charge in [-0.05, 0) is 49.1 Å². The Morgan fingerprint density at radius 2 is 2.00 bits per heavy atom. The van der Waals surface area contributed by atoms with E-state index in [1.165, 1.54) is 23.5 Å². The summed E-state index contributed by atoms with van der Waals surface area (Å²) in [6.45, 7) is 0.442. The highest BCUT2D eigenvalue weighted by atomic mass is 32.1. The summed E-state index contributed by atoms with van der Waals surface area (Å²) in [5.74, 6) is -0.0973. The van der Waals surface area contributed by atoms with Crippen LogP contribution in [0, 0.1) is 0 Å². The van der Waals surface area contributed by atoms with Gasteiger partial charge in [-0.1, -0.05) is 12.1 Å². The van der Waals surface area contributed by atoms with Crippen LogP contribution in [0.4, 0.5) is 13.2 Å². The van der Waals surface area contributed by atoms with E-state index in [0.29, 0.717) is 17.9 Å². The van der Waals surface area contributed by atoms with Crippen molar-refractivity contribution in [2.24, 2.45) is 0 Å². The number of fused-ring (bicyclic) bond motifs is 2. The minimum absolute atomic E-state index is 0.0455. The van der Waals surface area contributed by atoms with E-state index in [4.69, 9.17) is 14.8 Å². The topological polar surface area (TPSA) is 75.2 Å². The predicted molar refractivity (Wildman–Crippen MR) is 123 cm³/mol. The zero-order valence-electron chi connectivity index (χ0n) is 18.0. The van der Waals surface area contributed by atoms with Crippen molar-refractivity contribution < 1.29 is 27.8 Å². The molecule has 176 valence electrons. The van der Waals surface area contributed by atoms with Crippen LogP contribution in [-0.2, 0) is 23.8 Å². The van der Waals surface area contributed by atoms with Crippen LogP contribution in [-0.4, -0.2) is 27.7 Å². The van der Waals surface area contributed by atoms with Crippen molar-refractivity contribution in [3.05, 3.63) is 70.4 Å². The molecule has 0 saturated carbocycles. The number of hydrogen-bond acceptors (Lipinski definition) is 4. The van der Waals surface area contributed by atoms with Gasteiger partial charge >= 0.3 is 12.1 Å². The molecule has 0 bridgehead atoms. The fraction of sp³-hybridized carbons (Fsp3) is 0.280. The Morgan fingerprint density at radius 3 is 2.74 bits per heavy atom. The van der Waals surface area contributed by atoms with Crippen molar-refractivity contribution in [1.82, 2.24) is 9.97 Å². The molecule has 2 N–H and O–H groups in total. The third-order valence-corrected chi connectivity index (χ3v) is 7.24. The lowest BCUT2D eigenvalue weighted by molar-refractivity contribution is -0.138. The number of aliphatic carboxylic acids is 1. The summed E-state index contributed by atoms with van der Waals surface area (Å²) in [6, 6.07) is 10.7. The molecule has 0 saturated heterocycles. The molecule has 4 aromatic rings. The van der Waals surface area contributed by atoms with Gasteiger partial charge in [-0.15, -0.1) is 11.3 Å². The molecular weight excluding hydrogens is 465 g/mol. The molecule has 0 aliphatic heterocycles. The molecule has 2 heterocycles. The van der Waals surface area contributed by atoms with Gasteiger partial charge in [0.15, 0.2) is 0 Å². The van der Waals surface area contributed by atoms with Crippen molar-refractivity contribution >= 4 is 28.2 Å². The van der Waals surface area contributed by atoms with E-state index in [1.54, 1.807) is 6.20 Å². The van der Waals surface area contributed by atoms with Crippen molar-refractivity contribution in [1.29, 1.82) is 0 Å². The van der Waals surface area contributed by atoms with Gasteiger partial charge in [-0.25, -0.2) is 4.98 Å². The summed E-state index contributed by atoms with van der Waals surface area (Å²) >= 11 is 1.54. The fourth-order valence-electron chi connectivity index (χ4n) is 4.36. The summed E-state index contributed by atoms with van der Waals surface area (Å²) < 4.78 is 44.7. The quantitative estimate of drug-likeness (QED) is 0.329. The van der Waals surface area contributed by atoms with Gasteiger partial charge in [-0.3, -0.25) is 4.79 Å². The number of carboxylic acid groups (broad SMARTS) is 1. The summed E-state index contributed by atoms with van der Waals surface area (Å²) in [5, 5.41) is 10.6. The third kappa shape index (κ3) is 4.52. The number of carbonyl (C=O) groups is 1. The molecule has 0 unspecified atom stereocenters. The maximum Gasteiger partial charge on any atom is 0.416 e. The summed E-state index contributed by atoms with van der Waals surface area (Å²) in [5.41, 5.74) is 2.52. The highest BCUT2D eigenvalue weighted by Gasteiger charge is 2.30. The molecular formula is C25H21F3N2O3S. The Morgan fingerprint density at radius 1 is 1.21 bits per heavy atom. The molecule has 0 spiro atoms. The summed E-state index contributed by atoms with van der Waals surface area (Å²) in [6.07, 6.45) is 0.139. The van der Waals surface area contributed by atoms with Gasteiger partial charge in [0.2, 0.25) is 0 Å². The van der Waals surface area contributed by atoms with Gasteiger partial charge in [0, 0.05) is 39.5 Å². The fourth-order valence-corrected chi connectivity index (χ4v) is 5.55. The number of H-pyrrole nitrogens is 1. The second-order valence-corrected chi connectivity index (χ2v) is 9.48. The number of rotatable bonds is 6. The number of nitrogens with zero attached hydrogens (tertiary/aromatic N) is 1. The molecule has 2 aromatic heterocycles. The Bertz CT molecular complexity index is 1340. The maximum absolute atomic E-state index is 12.9. The SMILES string of the molecule is O=C(O)Cc1c[nH]c2cc(OC[C@@H]3CCCc4sc(-c5ccc(C(F)(F)F)cc5)nc43)ccc12. The molecule has 34 heavy (non-hydrogen) atoms. The second-order valence-electron chi connectivity index (χ2n) is 8.39. The molecule has 2 aromatic carbocycles. The van der Waals surface area contributed by atoms with E-state index in [1.807, 2.05) is 18.2 Å². The van der Waals surface area contributed by atoms with Gasteiger partial charge in [0.25, 0.3) is 0 Å². The van der Waals surface area contributed by atoms with Crippen LogP contribution < -0.4 is 4.74 Å². The third-order valence-electron chi connectivity index (χ3n) is 6.06. The number of aryl methyl sites for hydroxylation is 1. The van der Waals surface area contributed by atoms with Crippen molar-refractivity contribution in [3.63, 3.8) is 0 Å². The van der Waals surface area contributed by atoms with Crippen LogP contribution in [0.1, 0.15) is 40.5 Å². The average molecular weight is 487 g/mol. The summed E-state index contributed by atoms with van der Waals surface area (Å²) in [4.78, 5) is 20.1. The number of benzene rings is 2. The number of aromatic amines is 1. The highest BCUT2D eigenvalue weighted by Crippen LogP contribution is 2.39. The first kappa shape index (κ1) is 22.5. The molecule has 1 aliphatic rings. The minimum Gasteiger partial charge on any atom is -0.493 e. The van der Waals surface area contributed by atoms with E-state index in [9.17, 15) is 18.0 Å². The van der Waals surface area contributed by atoms with Crippen molar-refractivity contribution in [3.8, 4) is 16.3 Å². The normalized spacial score (nSPS) is 15.9. The molecule has 5 nitrogen and oxygen atoms in total. The molecule has 1 aliphatic carbocycles. The zero-order chi connectivity index (χ0) is 23.9. The van der Waals surface area contributed by atoms with Crippen LogP contribution in [0.15, 0.2) is 48.7 Å². The van der Waals surface area contributed by atoms with Gasteiger partial charge in [-0.2, -0.15) is 13.2 Å². The molecule has 1 atom stereocenters. The van der Waals surface area contributed by atoms with Crippen molar-refractivity contribution in [2.75, 3.05) is 6.61 Å². The van der Waals surface area contributed by atoms with Crippen LogP contribution in [0.25, 0.3) is 21.5 Å². The maximum atomic E-state index is 12.9. The Balaban J connectivity index is 1.31. The first-order chi connectivity index (χ1) is 16.3. The number of alkyl halides is 3. The van der Waals surface area contributed by atoms with Crippen LogP contribution in [0.2, 0.25) is 0 Å².